The molecule has 1 fully saturated rings. The van der Waals surface area contributed by atoms with Crippen molar-refractivity contribution in [1.29, 1.82) is 0 Å². The zero-order valence-electron chi connectivity index (χ0n) is 7.55. The van der Waals surface area contributed by atoms with Gasteiger partial charge in [0.2, 0.25) is 0 Å². The first kappa shape index (κ1) is 9.01. The summed E-state index contributed by atoms with van der Waals surface area (Å²) in [6.07, 6.45) is 8.29. The zero-order chi connectivity index (χ0) is 8.10. The predicted octanol–water partition coefficient (Wildman–Crippen LogP) is 1.56. The van der Waals surface area contributed by atoms with Crippen molar-refractivity contribution in [3.05, 3.63) is 0 Å². The SMILES string of the molecule is CN1CCCCCCCC1N. The van der Waals surface area contributed by atoms with Crippen molar-refractivity contribution in [2.75, 3.05) is 13.6 Å². The molecule has 0 radical (unpaired) electrons. The summed E-state index contributed by atoms with van der Waals surface area (Å²) in [4.78, 5) is 2.28. The Bertz CT molecular complexity index is 91.7. The second kappa shape index (κ2) is 4.73. The van der Waals surface area contributed by atoms with Crippen molar-refractivity contribution in [3.8, 4) is 0 Å². The first-order chi connectivity index (χ1) is 5.30. The Kier molecular flexibility index (Phi) is 3.87. The van der Waals surface area contributed by atoms with Crippen LogP contribution in [0, 0.1) is 0 Å². The highest BCUT2D eigenvalue weighted by atomic mass is 15.2. The molecule has 1 saturated heterocycles. The van der Waals surface area contributed by atoms with Crippen LogP contribution < -0.4 is 5.73 Å². The first-order valence-electron chi connectivity index (χ1n) is 4.76. The van der Waals surface area contributed by atoms with Gasteiger partial charge in [-0.2, -0.15) is 0 Å². The van der Waals surface area contributed by atoms with Crippen molar-refractivity contribution in [2.45, 2.75) is 44.7 Å². The van der Waals surface area contributed by atoms with E-state index in [2.05, 4.69) is 11.9 Å². The molecule has 1 rings (SSSR count). The van der Waals surface area contributed by atoms with Gasteiger partial charge in [-0.05, 0) is 26.4 Å². The van der Waals surface area contributed by atoms with E-state index < -0.39 is 0 Å². The van der Waals surface area contributed by atoms with E-state index in [1.165, 1.54) is 45.1 Å². The molecule has 11 heavy (non-hydrogen) atoms. The molecule has 1 aliphatic rings. The predicted molar refractivity (Wildman–Crippen MR) is 48.3 cm³/mol. The second-order valence-corrected chi connectivity index (χ2v) is 3.60. The molecule has 66 valence electrons. The number of hydrogen-bond donors (Lipinski definition) is 1. The van der Waals surface area contributed by atoms with Crippen LogP contribution in [0.2, 0.25) is 0 Å². The van der Waals surface area contributed by atoms with Gasteiger partial charge in [0.05, 0.1) is 6.17 Å². The van der Waals surface area contributed by atoms with Gasteiger partial charge in [-0.15, -0.1) is 0 Å². The van der Waals surface area contributed by atoms with Gasteiger partial charge in [0.25, 0.3) is 0 Å². The number of nitrogens with two attached hydrogens (primary N) is 1. The molecular formula is C9H20N2. The molecule has 2 heteroatoms. The summed E-state index contributed by atoms with van der Waals surface area (Å²) in [5.74, 6) is 0. The number of rotatable bonds is 0. The number of hydrogen-bond acceptors (Lipinski definition) is 2. The van der Waals surface area contributed by atoms with Gasteiger partial charge < -0.3 is 5.73 Å². The van der Waals surface area contributed by atoms with Gasteiger partial charge in [-0.3, -0.25) is 4.90 Å². The average molecular weight is 156 g/mol. The van der Waals surface area contributed by atoms with E-state index in [4.69, 9.17) is 5.73 Å². The highest BCUT2D eigenvalue weighted by Gasteiger charge is 2.09. The normalized spacial score (nSPS) is 30.5. The van der Waals surface area contributed by atoms with E-state index >= 15 is 0 Å². The monoisotopic (exact) mass is 156 g/mol. The molecule has 0 aromatic carbocycles. The van der Waals surface area contributed by atoms with Crippen LogP contribution in [0.15, 0.2) is 0 Å². The molecule has 2 N–H and O–H groups in total. The topological polar surface area (TPSA) is 29.3 Å². The molecule has 0 saturated carbocycles. The zero-order valence-corrected chi connectivity index (χ0v) is 7.55. The van der Waals surface area contributed by atoms with Gasteiger partial charge in [-0.25, -0.2) is 0 Å². The Morgan fingerprint density at radius 3 is 2.55 bits per heavy atom. The Labute approximate surface area is 69.8 Å². The van der Waals surface area contributed by atoms with Crippen LogP contribution in [-0.2, 0) is 0 Å². The lowest BCUT2D eigenvalue weighted by Crippen LogP contribution is -2.39. The Balaban J connectivity index is 2.29. The molecule has 0 bridgehead atoms. The largest absolute Gasteiger partial charge is 0.316 e. The minimum Gasteiger partial charge on any atom is -0.316 e. The van der Waals surface area contributed by atoms with Crippen LogP contribution >= 0.6 is 0 Å². The van der Waals surface area contributed by atoms with Crippen LogP contribution in [-0.4, -0.2) is 24.7 Å². The lowest BCUT2D eigenvalue weighted by atomic mass is 10.1. The fourth-order valence-electron chi connectivity index (χ4n) is 1.63. The van der Waals surface area contributed by atoms with Gasteiger partial charge >= 0.3 is 0 Å². The van der Waals surface area contributed by atoms with Crippen LogP contribution in [0.4, 0.5) is 0 Å². The lowest BCUT2D eigenvalue weighted by molar-refractivity contribution is 0.234. The van der Waals surface area contributed by atoms with Gasteiger partial charge in [-0.1, -0.05) is 25.7 Å². The standard InChI is InChI=1S/C9H20N2/c1-11-8-6-4-2-3-5-7-9(11)10/h9H,2-8,10H2,1H3. The summed E-state index contributed by atoms with van der Waals surface area (Å²) >= 11 is 0. The smallest absolute Gasteiger partial charge is 0.0569 e. The maximum Gasteiger partial charge on any atom is 0.0569 e. The van der Waals surface area contributed by atoms with E-state index in [-0.39, 0.29) is 0 Å². The molecular weight excluding hydrogens is 136 g/mol. The summed E-state index contributed by atoms with van der Waals surface area (Å²) in [5.41, 5.74) is 5.94. The van der Waals surface area contributed by atoms with E-state index in [0.717, 1.165) is 0 Å². The molecule has 0 aromatic heterocycles. The number of nitrogens with zero attached hydrogens (tertiary/aromatic N) is 1. The summed E-state index contributed by atoms with van der Waals surface area (Å²) in [6, 6.07) is 0. The van der Waals surface area contributed by atoms with E-state index in [9.17, 15) is 0 Å². The van der Waals surface area contributed by atoms with Crippen molar-refractivity contribution >= 4 is 0 Å². The fourth-order valence-corrected chi connectivity index (χ4v) is 1.63. The highest BCUT2D eigenvalue weighted by molar-refractivity contribution is 4.64. The van der Waals surface area contributed by atoms with Crippen LogP contribution in [0.3, 0.4) is 0 Å². The van der Waals surface area contributed by atoms with Crippen LogP contribution in [0.25, 0.3) is 0 Å². The van der Waals surface area contributed by atoms with Crippen molar-refractivity contribution in [3.63, 3.8) is 0 Å². The summed E-state index contributed by atoms with van der Waals surface area (Å²) < 4.78 is 0. The third kappa shape index (κ3) is 3.21. The van der Waals surface area contributed by atoms with Gasteiger partial charge in [0.15, 0.2) is 0 Å². The Morgan fingerprint density at radius 2 is 1.73 bits per heavy atom. The lowest BCUT2D eigenvalue weighted by Gasteiger charge is -2.23. The second-order valence-electron chi connectivity index (χ2n) is 3.60. The molecule has 0 aromatic rings. The maximum absolute atomic E-state index is 5.94. The molecule has 1 unspecified atom stereocenters. The molecule has 0 amide bonds. The van der Waals surface area contributed by atoms with Crippen molar-refractivity contribution in [2.24, 2.45) is 5.73 Å². The minimum atomic E-state index is 0.313. The third-order valence-electron chi connectivity index (χ3n) is 2.58. The fraction of sp³-hybridized carbons (Fsp3) is 1.00. The molecule has 1 aliphatic heterocycles. The molecule has 0 aliphatic carbocycles. The van der Waals surface area contributed by atoms with E-state index in [1.807, 2.05) is 0 Å². The Morgan fingerprint density at radius 1 is 1.09 bits per heavy atom. The average Bonchev–Trinajstić information content (AvgIpc) is 2.07. The van der Waals surface area contributed by atoms with Crippen molar-refractivity contribution in [1.82, 2.24) is 4.90 Å². The van der Waals surface area contributed by atoms with Gasteiger partial charge in [0, 0.05) is 0 Å². The first-order valence-corrected chi connectivity index (χ1v) is 4.76. The molecule has 2 nitrogen and oxygen atoms in total. The van der Waals surface area contributed by atoms with E-state index in [1.54, 1.807) is 0 Å². The van der Waals surface area contributed by atoms with Crippen molar-refractivity contribution < 1.29 is 0 Å². The third-order valence-corrected chi connectivity index (χ3v) is 2.58. The van der Waals surface area contributed by atoms with Crippen LogP contribution in [0.1, 0.15) is 38.5 Å². The maximum atomic E-state index is 5.94. The molecule has 1 heterocycles. The molecule has 1 atom stereocenters. The Hall–Kier alpha value is -0.0800. The highest BCUT2D eigenvalue weighted by Crippen LogP contribution is 2.11. The van der Waals surface area contributed by atoms with E-state index in [0.29, 0.717) is 6.17 Å². The molecule has 0 spiro atoms. The summed E-state index contributed by atoms with van der Waals surface area (Å²) in [6.45, 7) is 1.18. The quantitative estimate of drug-likeness (QED) is 0.576. The van der Waals surface area contributed by atoms with Gasteiger partial charge in [0.1, 0.15) is 0 Å². The summed E-state index contributed by atoms with van der Waals surface area (Å²) in [7, 11) is 2.13. The minimum absolute atomic E-state index is 0.313. The summed E-state index contributed by atoms with van der Waals surface area (Å²) in [5, 5.41) is 0. The van der Waals surface area contributed by atoms with Crippen LogP contribution in [0.5, 0.6) is 0 Å².